The number of aryl methyl sites for hydroxylation is 1. The topological polar surface area (TPSA) is 77.8 Å². The molecule has 0 radical (unpaired) electrons. The van der Waals surface area contributed by atoms with Gasteiger partial charge in [0.2, 0.25) is 5.95 Å². The molecule has 0 bridgehead atoms. The molecule has 90 valence electrons. The van der Waals surface area contributed by atoms with Crippen molar-refractivity contribution in [2.75, 3.05) is 5.73 Å². The Hall–Kier alpha value is -2.12. The van der Waals surface area contributed by atoms with Crippen molar-refractivity contribution >= 4 is 5.95 Å². The van der Waals surface area contributed by atoms with Crippen LogP contribution in [0.15, 0.2) is 16.8 Å². The Labute approximate surface area is 93.5 Å². The summed E-state index contributed by atoms with van der Waals surface area (Å²) in [6, 6.07) is 1.37. The Morgan fingerprint density at radius 3 is 2.59 bits per heavy atom. The normalized spacial score (nSPS) is 11.8. The van der Waals surface area contributed by atoms with Crippen molar-refractivity contribution in [3.05, 3.63) is 23.7 Å². The summed E-state index contributed by atoms with van der Waals surface area (Å²) in [7, 11) is 0. The Morgan fingerprint density at radius 1 is 1.35 bits per heavy atom. The summed E-state index contributed by atoms with van der Waals surface area (Å²) in [5.41, 5.74) is 4.18. The lowest BCUT2D eigenvalue weighted by Crippen LogP contribution is -2.12. The minimum absolute atomic E-state index is 0.0465. The first-order valence-corrected chi connectivity index (χ1v) is 4.51. The van der Waals surface area contributed by atoms with Crippen LogP contribution in [0.25, 0.3) is 11.3 Å². The highest BCUT2D eigenvalue weighted by Gasteiger charge is 2.37. The minimum atomic E-state index is -4.63. The van der Waals surface area contributed by atoms with Crippen LogP contribution in [0.3, 0.4) is 0 Å². The fourth-order valence-electron chi connectivity index (χ4n) is 1.28. The zero-order chi connectivity index (χ0) is 12.6. The van der Waals surface area contributed by atoms with E-state index in [2.05, 4.69) is 15.1 Å². The summed E-state index contributed by atoms with van der Waals surface area (Å²) < 4.78 is 42.9. The van der Waals surface area contributed by atoms with Crippen LogP contribution in [0.5, 0.6) is 0 Å². The van der Waals surface area contributed by atoms with Gasteiger partial charge in [-0.05, 0) is 6.92 Å². The molecule has 0 saturated carbocycles. The van der Waals surface area contributed by atoms with Gasteiger partial charge in [0.05, 0.1) is 11.3 Å². The zero-order valence-corrected chi connectivity index (χ0v) is 8.62. The summed E-state index contributed by atoms with van der Waals surface area (Å²) in [6.45, 7) is 1.60. The van der Waals surface area contributed by atoms with E-state index in [-0.39, 0.29) is 11.3 Å². The number of rotatable bonds is 1. The smallest absolute Gasteiger partial charge is 0.368 e. The summed E-state index contributed by atoms with van der Waals surface area (Å²) in [5.74, 6) is -0.493. The maximum absolute atomic E-state index is 12.7. The van der Waals surface area contributed by atoms with Crippen LogP contribution in [-0.2, 0) is 6.18 Å². The molecular weight excluding hydrogens is 237 g/mol. The van der Waals surface area contributed by atoms with E-state index < -0.39 is 17.8 Å². The standard InChI is InChI=1S/C9H7F3N4O/c1-4-2-6(17-16-4)5-3-14-8(13)15-7(5)9(10,11)12/h2-3H,1H3,(H2,13,14,15). The fraction of sp³-hybridized carbons (Fsp3) is 0.222. The molecule has 5 nitrogen and oxygen atoms in total. The third kappa shape index (κ3) is 2.19. The van der Waals surface area contributed by atoms with Crippen molar-refractivity contribution in [2.45, 2.75) is 13.1 Å². The molecule has 0 unspecified atom stereocenters. The first-order valence-electron chi connectivity index (χ1n) is 4.51. The van der Waals surface area contributed by atoms with Gasteiger partial charge in [-0.15, -0.1) is 0 Å². The van der Waals surface area contributed by atoms with Crippen LogP contribution in [0.1, 0.15) is 11.4 Å². The maximum atomic E-state index is 12.7. The van der Waals surface area contributed by atoms with Gasteiger partial charge < -0.3 is 10.3 Å². The van der Waals surface area contributed by atoms with Gasteiger partial charge in [0.1, 0.15) is 0 Å². The van der Waals surface area contributed by atoms with Crippen molar-refractivity contribution in [3.8, 4) is 11.3 Å². The van der Waals surface area contributed by atoms with Gasteiger partial charge in [0.25, 0.3) is 0 Å². The molecule has 8 heteroatoms. The second-order valence-corrected chi connectivity index (χ2v) is 3.32. The Kier molecular flexibility index (Phi) is 2.49. The summed E-state index contributed by atoms with van der Waals surface area (Å²) in [5, 5.41) is 3.51. The molecule has 0 aliphatic rings. The van der Waals surface area contributed by atoms with E-state index in [0.29, 0.717) is 5.69 Å². The third-order valence-corrected chi connectivity index (χ3v) is 1.97. The second-order valence-electron chi connectivity index (χ2n) is 3.32. The molecule has 0 spiro atoms. The molecule has 2 aromatic rings. The average Bonchev–Trinajstić information content (AvgIpc) is 2.63. The highest BCUT2D eigenvalue weighted by atomic mass is 19.4. The van der Waals surface area contributed by atoms with Crippen LogP contribution in [0.4, 0.5) is 19.1 Å². The van der Waals surface area contributed by atoms with E-state index in [0.717, 1.165) is 6.20 Å². The van der Waals surface area contributed by atoms with Crippen molar-refractivity contribution in [1.82, 2.24) is 15.1 Å². The van der Waals surface area contributed by atoms with Gasteiger partial charge in [-0.3, -0.25) is 0 Å². The molecule has 2 heterocycles. The summed E-state index contributed by atoms with van der Waals surface area (Å²) in [4.78, 5) is 6.70. The van der Waals surface area contributed by atoms with Crippen molar-refractivity contribution < 1.29 is 17.7 Å². The molecule has 0 saturated heterocycles. The monoisotopic (exact) mass is 244 g/mol. The highest BCUT2D eigenvalue weighted by Crippen LogP contribution is 2.35. The van der Waals surface area contributed by atoms with E-state index >= 15 is 0 Å². The molecule has 2 N–H and O–H groups in total. The van der Waals surface area contributed by atoms with Crippen LogP contribution in [0, 0.1) is 6.92 Å². The van der Waals surface area contributed by atoms with E-state index in [4.69, 9.17) is 10.3 Å². The molecule has 17 heavy (non-hydrogen) atoms. The third-order valence-electron chi connectivity index (χ3n) is 1.97. The van der Waals surface area contributed by atoms with E-state index in [1.54, 1.807) is 6.92 Å². The lowest BCUT2D eigenvalue weighted by molar-refractivity contribution is -0.140. The Morgan fingerprint density at radius 2 is 2.06 bits per heavy atom. The molecule has 2 aromatic heterocycles. The number of halogens is 3. The van der Waals surface area contributed by atoms with Gasteiger partial charge in [0.15, 0.2) is 11.5 Å². The lowest BCUT2D eigenvalue weighted by Gasteiger charge is -2.09. The Balaban J connectivity index is 2.61. The first-order chi connectivity index (χ1) is 7.88. The molecule has 0 atom stereocenters. The van der Waals surface area contributed by atoms with Gasteiger partial charge in [-0.2, -0.15) is 13.2 Å². The predicted octanol–water partition coefficient (Wildman–Crippen LogP) is 2.04. The lowest BCUT2D eigenvalue weighted by atomic mass is 10.1. The molecular formula is C9H7F3N4O. The minimum Gasteiger partial charge on any atom is -0.368 e. The number of nitrogens with zero attached hydrogens (tertiary/aromatic N) is 3. The number of hydrogen-bond donors (Lipinski definition) is 1. The number of alkyl halides is 3. The van der Waals surface area contributed by atoms with Crippen LogP contribution in [-0.4, -0.2) is 15.1 Å². The first kappa shape index (κ1) is 11.4. The highest BCUT2D eigenvalue weighted by molar-refractivity contribution is 5.60. The van der Waals surface area contributed by atoms with Gasteiger partial charge in [-0.1, -0.05) is 5.16 Å². The van der Waals surface area contributed by atoms with E-state index in [9.17, 15) is 13.2 Å². The molecule has 0 amide bonds. The molecule has 0 aliphatic carbocycles. The van der Waals surface area contributed by atoms with Crippen LogP contribution < -0.4 is 5.73 Å². The van der Waals surface area contributed by atoms with Crippen molar-refractivity contribution in [2.24, 2.45) is 0 Å². The quantitative estimate of drug-likeness (QED) is 0.830. The largest absolute Gasteiger partial charge is 0.434 e. The number of aromatic nitrogens is 3. The van der Waals surface area contributed by atoms with Crippen LogP contribution >= 0.6 is 0 Å². The molecule has 0 fully saturated rings. The summed E-state index contributed by atoms with van der Waals surface area (Å²) in [6.07, 6.45) is -3.67. The maximum Gasteiger partial charge on any atom is 0.434 e. The predicted molar refractivity (Wildman–Crippen MR) is 51.7 cm³/mol. The second kappa shape index (κ2) is 3.72. The van der Waals surface area contributed by atoms with Crippen molar-refractivity contribution in [1.29, 1.82) is 0 Å². The fourth-order valence-corrected chi connectivity index (χ4v) is 1.28. The van der Waals surface area contributed by atoms with E-state index in [1.807, 2.05) is 0 Å². The number of nitrogens with two attached hydrogens (primary N) is 1. The average molecular weight is 244 g/mol. The Bertz CT molecular complexity index is 549. The van der Waals surface area contributed by atoms with Crippen molar-refractivity contribution in [3.63, 3.8) is 0 Å². The molecule has 2 rings (SSSR count). The van der Waals surface area contributed by atoms with E-state index in [1.165, 1.54) is 6.07 Å². The summed E-state index contributed by atoms with van der Waals surface area (Å²) >= 11 is 0. The van der Waals surface area contributed by atoms with Gasteiger partial charge in [0, 0.05) is 12.3 Å². The molecule has 0 aliphatic heterocycles. The molecule has 0 aromatic carbocycles. The number of hydrogen-bond acceptors (Lipinski definition) is 5. The van der Waals surface area contributed by atoms with Crippen LogP contribution in [0.2, 0.25) is 0 Å². The SMILES string of the molecule is Cc1cc(-c2cnc(N)nc2C(F)(F)F)on1. The zero-order valence-electron chi connectivity index (χ0n) is 8.62. The number of nitrogen functional groups attached to an aromatic ring is 1. The number of anilines is 1. The van der Waals surface area contributed by atoms with Gasteiger partial charge >= 0.3 is 6.18 Å². The van der Waals surface area contributed by atoms with Gasteiger partial charge in [-0.25, -0.2) is 9.97 Å².